The first-order chi connectivity index (χ1) is 11.9. The van der Waals surface area contributed by atoms with Crippen molar-refractivity contribution >= 4 is 17.1 Å². The summed E-state index contributed by atoms with van der Waals surface area (Å²) in [6, 6.07) is 1.11. The van der Waals surface area contributed by atoms with E-state index in [1.807, 2.05) is 13.8 Å². The Kier molecular flexibility index (Phi) is 8.31. The lowest BCUT2D eigenvalue weighted by Crippen LogP contribution is -2.29. The molecular formula is C18H28FN3O3. The van der Waals surface area contributed by atoms with Crippen LogP contribution in [0.5, 0.6) is 0 Å². The Morgan fingerprint density at radius 2 is 1.80 bits per heavy atom. The lowest BCUT2D eigenvalue weighted by Gasteiger charge is -2.16. The summed E-state index contributed by atoms with van der Waals surface area (Å²) in [6.45, 7) is 7.80. The van der Waals surface area contributed by atoms with Crippen LogP contribution in [0.4, 0.5) is 4.39 Å². The van der Waals surface area contributed by atoms with Gasteiger partial charge in [-0.2, -0.15) is 0 Å². The minimum Gasteiger partial charge on any atom is -0.480 e. The average Bonchev–Trinajstić information content (AvgIpc) is 2.79. The smallest absolute Gasteiger partial charge is 0.331 e. The summed E-state index contributed by atoms with van der Waals surface area (Å²) in [5.74, 6) is -1.74. The Balaban J connectivity index is 0.000000970. The van der Waals surface area contributed by atoms with Crippen molar-refractivity contribution in [2.24, 2.45) is 0 Å². The number of rotatable bonds is 7. The van der Waals surface area contributed by atoms with E-state index >= 15 is 0 Å². The van der Waals surface area contributed by atoms with Crippen molar-refractivity contribution in [3.63, 3.8) is 0 Å². The molecule has 0 saturated carbocycles. The molecule has 0 aliphatic carbocycles. The van der Waals surface area contributed by atoms with Crippen molar-refractivity contribution in [1.29, 1.82) is 0 Å². The number of carboxylic acid groups (broad SMARTS) is 1. The maximum Gasteiger partial charge on any atom is 0.331 e. The number of imidazole rings is 1. The Hall–Kier alpha value is -2.18. The van der Waals surface area contributed by atoms with Gasteiger partial charge in [-0.3, -0.25) is 13.9 Å². The standard InChI is InChI=1S/C15H20FN3O3.C3H8/c1-3-5-11(6-4-2)19-14-12(7-10(16)8-17-14)18(15(19)22)9-13(20)21;1-3-2/h7-8,11H,3-6,9H2,1-2H3,(H,20,21);3H2,1-2H3. The number of halogens is 1. The highest BCUT2D eigenvalue weighted by Crippen LogP contribution is 2.23. The molecule has 0 atom stereocenters. The number of fused-ring (bicyclic) bond motifs is 1. The van der Waals surface area contributed by atoms with Crippen LogP contribution in [0.3, 0.4) is 0 Å². The van der Waals surface area contributed by atoms with Gasteiger partial charge in [0, 0.05) is 12.1 Å². The Labute approximate surface area is 147 Å². The highest BCUT2D eigenvalue weighted by Gasteiger charge is 2.22. The van der Waals surface area contributed by atoms with Crippen molar-refractivity contribution in [3.8, 4) is 0 Å². The molecule has 0 aromatic carbocycles. The van der Waals surface area contributed by atoms with Crippen molar-refractivity contribution < 1.29 is 14.3 Å². The third-order valence-corrected chi connectivity index (χ3v) is 3.67. The first kappa shape index (κ1) is 20.9. The molecule has 140 valence electrons. The SMILES string of the molecule is CCC.CCCC(CCC)n1c(=O)n(CC(=O)O)c2cc(F)cnc21. The van der Waals surface area contributed by atoms with E-state index < -0.39 is 24.0 Å². The molecule has 2 heterocycles. The third kappa shape index (κ3) is 5.14. The molecule has 0 bridgehead atoms. The van der Waals surface area contributed by atoms with E-state index in [0.29, 0.717) is 5.65 Å². The van der Waals surface area contributed by atoms with Gasteiger partial charge in [-0.05, 0) is 12.8 Å². The first-order valence-electron chi connectivity index (χ1n) is 8.89. The van der Waals surface area contributed by atoms with Gasteiger partial charge in [0.1, 0.15) is 12.4 Å². The number of pyridine rings is 1. The molecule has 7 heteroatoms. The quantitative estimate of drug-likeness (QED) is 0.817. The van der Waals surface area contributed by atoms with Crippen LogP contribution in [-0.2, 0) is 11.3 Å². The van der Waals surface area contributed by atoms with Crippen LogP contribution >= 0.6 is 0 Å². The second-order valence-electron chi connectivity index (χ2n) is 6.07. The van der Waals surface area contributed by atoms with E-state index in [1.165, 1.54) is 11.0 Å². The zero-order chi connectivity index (χ0) is 19.0. The van der Waals surface area contributed by atoms with Gasteiger partial charge in [0.15, 0.2) is 5.65 Å². The van der Waals surface area contributed by atoms with Gasteiger partial charge >= 0.3 is 11.7 Å². The second kappa shape index (κ2) is 9.96. The van der Waals surface area contributed by atoms with Gasteiger partial charge in [0.2, 0.25) is 0 Å². The third-order valence-electron chi connectivity index (χ3n) is 3.67. The number of hydrogen-bond donors (Lipinski definition) is 1. The van der Waals surface area contributed by atoms with Crippen molar-refractivity contribution in [2.75, 3.05) is 0 Å². The molecular weight excluding hydrogens is 325 g/mol. The molecule has 0 saturated heterocycles. The number of hydrogen-bond acceptors (Lipinski definition) is 3. The predicted octanol–water partition coefficient (Wildman–Crippen LogP) is 3.98. The van der Waals surface area contributed by atoms with E-state index in [9.17, 15) is 14.0 Å². The van der Waals surface area contributed by atoms with Crippen LogP contribution in [0.2, 0.25) is 0 Å². The first-order valence-corrected chi connectivity index (χ1v) is 8.89. The van der Waals surface area contributed by atoms with E-state index in [2.05, 4.69) is 18.8 Å². The minimum atomic E-state index is -1.15. The molecule has 1 N–H and O–H groups in total. The van der Waals surface area contributed by atoms with Crippen molar-refractivity contribution in [2.45, 2.75) is 72.4 Å². The fourth-order valence-electron chi connectivity index (χ4n) is 2.82. The van der Waals surface area contributed by atoms with Crippen LogP contribution in [-0.4, -0.2) is 25.2 Å². The summed E-state index contributed by atoms with van der Waals surface area (Å²) in [7, 11) is 0. The fourth-order valence-corrected chi connectivity index (χ4v) is 2.82. The number of aromatic nitrogens is 3. The van der Waals surface area contributed by atoms with Gasteiger partial charge in [-0.1, -0.05) is 47.0 Å². The van der Waals surface area contributed by atoms with Crippen LogP contribution in [0.25, 0.3) is 11.2 Å². The Bertz CT molecular complexity index is 746. The van der Waals surface area contributed by atoms with Gasteiger partial charge in [-0.15, -0.1) is 0 Å². The van der Waals surface area contributed by atoms with Gasteiger partial charge in [-0.25, -0.2) is 14.2 Å². The average molecular weight is 353 g/mol. The van der Waals surface area contributed by atoms with Crippen molar-refractivity contribution in [1.82, 2.24) is 14.1 Å². The fraction of sp³-hybridized carbons (Fsp3) is 0.611. The molecule has 2 aromatic rings. The maximum atomic E-state index is 13.5. The number of nitrogens with zero attached hydrogens (tertiary/aromatic N) is 3. The molecule has 6 nitrogen and oxygen atoms in total. The van der Waals surface area contributed by atoms with Crippen LogP contribution in [0.1, 0.15) is 65.8 Å². The van der Waals surface area contributed by atoms with E-state index in [1.54, 1.807) is 0 Å². The summed E-state index contributed by atoms with van der Waals surface area (Å²) in [6.07, 6.45) is 5.67. The summed E-state index contributed by atoms with van der Waals surface area (Å²) in [5, 5.41) is 8.99. The van der Waals surface area contributed by atoms with E-state index in [4.69, 9.17) is 5.11 Å². The van der Waals surface area contributed by atoms with E-state index in [-0.39, 0.29) is 11.6 Å². The molecule has 0 amide bonds. The largest absolute Gasteiger partial charge is 0.480 e. The normalized spacial score (nSPS) is 10.8. The summed E-state index contributed by atoms with van der Waals surface area (Å²) >= 11 is 0. The van der Waals surface area contributed by atoms with Gasteiger partial charge in [0.05, 0.1) is 11.7 Å². The Morgan fingerprint density at radius 1 is 1.24 bits per heavy atom. The van der Waals surface area contributed by atoms with Crippen LogP contribution in [0, 0.1) is 5.82 Å². The Morgan fingerprint density at radius 3 is 2.28 bits per heavy atom. The molecule has 25 heavy (non-hydrogen) atoms. The molecule has 0 aliphatic heterocycles. The minimum absolute atomic E-state index is 0.0574. The predicted molar refractivity (Wildman–Crippen MR) is 96.4 cm³/mol. The number of carboxylic acids is 1. The highest BCUT2D eigenvalue weighted by atomic mass is 19.1. The molecule has 0 spiro atoms. The molecule has 0 aliphatic rings. The summed E-state index contributed by atoms with van der Waals surface area (Å²) in [4.78, 5) is 27.7. The van der Waals surface area contributed by atoms with Gasteiger partial charge in [0.25, 0.3) is 0 Å². The number of aliphatic carboxylic acids is 1. The highest BCUT2D eigenvalue weighted by molar-refractivity contribution is 5.75. The molecule has 2 aromatic heterocycles. The topological polar surface area (TPSA) is 77.1 Å². The lowest BCUT2D eigenvalue weighted by atomic mass is 10.1. The molecule has 0 unspecified atom stereocenters. The maximum absolute atomic E-state index is 13.5. The summed E-state index contributed by atoms with van der Waals surface area (Å²) in [5.41, 5.74) is 0.131. The van der Waals surface area contributed by atoms with Crippen molar-refractivity contribution in [3.05, 3.63) is 28.6 Å². The van der Waals surface area contributed by atoms with Gasteiger partial charge < -0.3 is 5.11 Å². The summed E-state index contributed by atoms with van der Waals surface area (Å²) < 4.78 is 16.1. The second-order valence-corrected chi connectivity index (χ2v) is 6.07. The van der Waals surface area contributed by atoms with Crippen LogP contribution < -0.4 is 5.69 Å². The zero-order valence-corrected chi connectivity index (χ0v) is 15.5. The van der Waals surface area contributed by atoms with Crippen LogP contribution in [0.15, 0.2) is 17.1 Å². The number of carbonyl (C=O) groups is 1. The van der Waals surface area contributed by atoms with E-state index in [0.717, 1.165) is 42.5 Å². The molecule has 0 radical (unpaired) electrons. The molecule has 2 rings (SSSR count). The zero-order valence-electron chi connectivity index (χ0n) is 15.5. The lowest BCUT2D eigenvalue weighted by molar-refractivity contribution is -0.137. The monoisotopic (exact) mass is 353 g/mol. The molecule has 0 fully saturated rings.